The number of unbranched alkanes of at least 4 members (excludes halogenated alkanes) is 2. The van der Waals surface area contributed by atoms with Gasteiger partial charge in [0, 0.05) is 12.5 Å². The smallest absolute Gasteiger partial charge is 0.261 e. The molecular weight excluding hydrogens is 432 g/mol. The fourth-order valence-electron chi connectivity index (χ4n) is 6.92. The molecule has 0 amide bonds. The molecule has 0 heterocycles. The Labute approximate surface area is 206 Å². The minimum atomic E-state index is -2.43. The van der Waals surface area contributed by atoms with E-state index in [1.54, 1.807) is 0 Å². The third-order valence-corrected chi connectivity index (χ3v) is 13.4. The van der Waals surface area contributed by atoms with Gasteiger partial charge in [0.1, 0.15) is 0 Å². The lowest BCUT2D eigenvalue weighted by atomic mass is 9.81. The van der Waals surface area contributed by atoms with Gasteiger partial charge in [-0.05, 0) is 64.9 Å². The third kappa shape index (κ3) is 4.07. The number of ketones is 1. The Hall–Kier alpha value is -2.23. The second-order valence-corrected chi connectivity index (χ2v) is 15.7. The van der Waals surface area contributed by atoms with Crippen LogP contribution in [0.25, 0.3) is 0 Å². The van der Waals surface area contributed by atoms with E-state index in [-0.39, 0.29) is 11.0 Å². The van der Waals surface area contributed by atoms with Gasteiger partial charge in [-0.1, -0.05) is 106 Å². The van der Waals surface area contributed by atoms with Crippen molar-refractivity contribution in [2.24, 2.45) is 23.7 Å². The van der Waals surface area contributed by atoms with Crippen molar-refractivity contribution in [3.05, 3.63) is 84.5 Å². The van der Waals surface area contributed by atoms with Gasteiger partial charge in [0.2, 0.25) is 0 Å². The Morgan fingerprint density at radius 1 is 0.824 bits per heavy atom. The number of fused-ring (bicyclic) bond motifs is 5. The average molecular weight is 471 g/mol. The summed E-state index contributed by atoms with van der Waals surface area (Å²) in [5.74, 6) is 2.30. The lowest BCUT2D eigenvalue weighted by Crippen LogP contribution is -2.66. The van der Waals surface area contributed by atoms with Gasteiger partial charge in [0.15, 0.2) is 5.78 Å². The molecule has 5 rings (SSSR count). The van der Waals surface area contributed by atoms with E-state index in [0.717, 1.165) is 32.3 Å². The summed E-state index contributed by atoms with van der Waals surface area (Å²) in [5.41, 5.74) is 1.43. The van der Waals surface area contributed by atoms with Crippen LogP contribution in [0, 0.1) is 23.7 Å². The predicted molar refractivity (Wildman–Crippen MR) is 143 cm³/mol. The van der Waals surface area contributed by atoms with Crippen molar-refractivity contribution < 1.29 is 9.22 Å². The Bertz CT molecular complexity index is 1020. The highest BCUT2D eigenvalue weighted by atomic mass is 28.4. The molecule has 0 spiro atoms. The van der Waals surface area contributed by atoms with Gasteiger partial charge in [0.05, 0.1) is 0 Å². The lowest BCUT2D eigenvalue weighted by molar-refractivity contribution is -0.118. The molecule has 0 radical (unpaired) electrons. The zero-order valence-electron chi connectivity index (χ0n) is 20.9. The number of hydrogen-bond acceptors (Lipinski definition) is 2. The fraction of sp³-hybridized carbons (Fsp3) is 0.452. The zero-order valence-corrected chi connectivity index (χ0v) is 21.9. The van der Waals surface area contributed by atoms with Gasteiger partial charge in [-0.2, -0.15) is 0 Å². The molecule has 0 saturated heterocycles. The molecule has 0 aromatic heterocycles. The van der Waals surface area contributed by atoms with Crippen LogP contribution in [0.3, 0.4) is 0 Å². The Morgan fingerprint density at radius 2 is 1.41 bits per heavy atom. The summed E-state index contributed by atoms with van der Waals surface area (Å²) >= 11 is 0. The van der Waals surface area contributed by atoms with Crippen molar-refractivity contribution in [1.82, 2.24) is 0 Å². The molecule has 0 unspecified atom stereocenters. The maximum absolute atomic E-state index is 12.5. The number of allylic oxidation sites excluding steroid dienone is 4. The maximum atomic E-state index is 12.5. The average Bonchev–Trinajstić information content (AvgIpc) is 3.53. The van der Waals surface area contributed by atoms with Crippen LogP contribution in [-0.4, -0.2) is 20.7 Å². The topological polar surface area (TPSA) is 26.3 Å². The molecule has 2 aromatic rings. The standard InChI is InChI=1S/C31H38O2Si/c1-31(2,3)34(26-14-8-4-9-15-26,27-16-10-5-11-17-27)33-20-12-6-7-13-23-22-28(32)30-25-19-18-24(21-25)29(23)30/h4-5,8-11,14-19,22,24-25,29-30H,6-7,12-13,20-21H2,1-3H3/t24-,25+,29-,30-/m0/s1. The fourth-order valence-corrected chi connectivity index (χ4v) is 11.5. The summed E-state index contributed by atoms with van der Waals surface area (Å²) in [5, 5.41) is 2.71. The number of rotatable bonds is 9. The molecule has 1 saturated carbocycles. The number of benzene rings is 2. The molecule has 4 atom stereocenters. The van der Waals surface area contributed by atoms with Gasteiger partial charge in [0.25, 0.3) is 8.32 Å². The first kappa shape index (κ1) is 23.5. The first-order valence-electron chi connectivity index (χ1n) is 13.1. The van der Waals surface area contributed by atoms with E-state index in [0.29, 0.717) is 23.5 Å². The summed E-state index contributed by atoms with van der Waals surface area (Å²) in [4.78, 5) is 12.5. The second kappa shape index (κ2) is 9.43. The summed E-state index contributed by atoms with van der Waals surface area (Å²) in [7, 11) is -2.43. The Kier molecular flexibility index (Phi) is 6.52. The predicted octanol–water partition coefficient (Wildman–Crippen LogP) is 6.07. The van der Waals surface area contributed by atoms with Gasteiger partial charge >= 0.3 is 0 Å². The lowest BCUT2D eigenvalue weighted by Gasteiger charge is -2.43. The number of hydrogen-bond donors (Lipinski definition) is 0. The van der Waals surface area contributed by atoms with Crippen molar-refractivity contribution in [1.29, 1.82) is 0 Å². The van der Waals surface area contributed by atoms with E-state index in [1.165, 1.54) is 22.4 Å². The van der Waals surface area contributed by atoms with Crippen LogP contribution in [0.5, 0.6) is 0 Å². The highest BCUT2D eigenvalue weighted by molar-refractivity contribution is 6.99. The zero-order chi connectivity index (χ0) is 23.8. The Morgan fingerprint density at radius 3 is 2.00 bits per heavy atom. The van der Waals surface area contributed by atoms with Gasteiger partial charge in [-0.15, -0.1) is 0 Å². The Balaban J connectivity index is 1.22. The van der Waals surface area contributed by atoms with E-state index in [9.17, 15) is 4.79 Å². The number of carbonyl (C=O) groups excluding carboxylic acids is 1. The van der Waals surface area contributed by atoms with Crippen LogP contribution in [-0.2, 0) is 9.22 Å². The van der Waals surface area contributed by atoms with Crippen molar-refractivity contribution in [3.8, 4) is 0 Å². The molecule has 3 aliphatic rings. The molecule has 0 N–H and O–H groups in total. The first-order chi connectivity index (χ1) is 16.4. The van der Waals surface area contributed by atoms with Crippen LogP contribution in [0.2, 0.25) is 5.04 Å². The van der Waals surface area contributed by atoms with E-state index in [1.807, 2.05) is 6.08 Å². The molecule has 1 fully saturated rings. The molecule has 2 nitrogen and oxygen atoms in total. The van der Waals surface area contributed by atoms with Crippen LogP contribution in [0.15, 0.2) is 84.5 Å². The van der Waals surface area contributed by atoms with Crippen molar-refractivity contribution in [2.75, 3.05) is 6.61 Å². The molecule has 0 aliphatic heterocycles. The number of carbonyl (C=O) groups is 1. The van der Waals surface area contributed by atoms with E-state index in [4.69, 9.17) is 4.43 Å². The highest BCUT2D eigenvalue weighted by Crippen LogP contribution is 2.55. The quantitative estimate of drug-likeness (QED) is 0.253. The molecule has 2 bridgehead atoms. The van der Waals surface area contributed by atoms with Gasteiger partial charge < -0.3 is 4.43 Å². The summed E-state index contributed by atoms with van der Waals surface area (Å²) in [6.45, 7) is 7.79. The minimum absolute atomic E-state index is 0.0229. The molecule has 178 valence electrons. The first-order valence-corrected chi connectivity index (χ1v) is 15.0. The second-order valence-electron chi connectivity index (χ2n) is 11.4. The molecule has 2 aromatic carbocycles. The van der Waals surface area contributed by atoms with Crippen LogP contribution < -0.4 is 10.4 Å². The minimum Gasteiger partial charge on any atom is -0.407 e. The summed E-state index contributed by atoms with van der Waals surface area (Å²) in [6, 6.07) is 21.8. The molecule has 34 heavy (non-hydrogen) atoms. The maximum Gasteiger partial charge on any atom is 0.261 e. The van der Waals surface area contributed by atoms with E-state index < -0.39 is 8.32 Å². The van der Waals surface area contributed by atoms with Crippen molar-refractivity contribution in [2.45, 2.75) is 57.9 Å². The van der Waals surface area contributed by atoms with Gasteiger partial charge in [-0.25, -0.2) is 0 Å². The summed E-state index contributed by atoms with van der Waals surface area (Å²) < 4.78 is 7.03. The summed E-state index contributed by atoms with van der Waals surface area (Å²) in [6.07, 6.45) is 12.3. The largest absolute Gasteiger partial charge is 0.407 e. The molecular formula is C31H38O2Si. The van der Waals surface area contributed by atoms with Crippen LogP contribution in [0.1, 0.15) is 52.9 Å². The normalized spacial score (nSPS) is 25.6. The van der Waals surface area contributed by atoms with Crippen LogP contribution >= 0.6 is 0 Å². The molecule has 3 aliphatic carbocycles. The van der Waals surface area contributed by atoms with E-state index >= 15 is 0 Å². The highest BCUT2D eigenvalue weighted by Gasteiger charge is 2.52. The van der Waals surface area contributed by atoms with Crippen molar-refractivity contribution in [3.63, 3.8) is 0 Å². The van der Waals surface area contributed by atoms with Gasteiger partial charge in [-0.3, -0.25) is 4.79 Å². The van der Waals surface area contributed by atoms with Crippen LogP contribution in [0.4, 0.5) is 0 Å². The van der Waals surface area contributed by atoms with Crippen molar-refractivity contribution >= 4 is 24.5 Å². The monoisotopic (exact) mass is 470 g/mol. The SMILES string of the molecule is CC(C)(C)[Si](OCCCCCC1=CC(=O)[C@H]2[C@@H]1[C@H]1C=C[C@@H]2C1)(c1ccccc1)c1ccccc1. The third-order valence-electron chi connectivity index (χ3n) is 8.39. The van der Waals surface area contributed by atoms with E-state index in [2.05, 4.69) is 93.6 Å². The molecule has 3 heteroatoms.